The topological polar surface area (TPSA) is 82.6 Å². The highest BCUT2D eigenvalue weighted by Crippen LogP contribution is 2.32. The van der Waals surface area contributed by atoms with Crippen molar-refractivity contribution in [2.24, 2.45) is 0 Å². The van der Waals surface area contributed by atoms with Crippen LogP contribution in [0.25, 0.3) is 21.8 Å². The zero-order chi connectivity index (χ0) is 14.1. The van der Waals surface area contributed by atoms with E-state index in [0.717, 1.165) is 21.8 Å². The lowest BCUT2D eigenvalue weighted by Crippen LogP contribution is -2.26. The third-order valence-electron chi connectivity index (χ3n) is 3.17. The molecule has 0 spiro atoms. The van der Waals surface area contributed by atoms with Crippen LogP contribution in [0.5, 0.6) is 5.75 Å². The van der Waals surface area contributed by atoms with Gasteiger partial charge in [-0.2, -0.15) is 0 Å². The predicted molar refractivity (Wildman–Crippen MR) is 74.9 cm³/mol. The summed E-state index contributed by atoms with van der Waals surface area (Å²) in [6.07, 6.45) is -1.53. The second-order valence-corrected chi connectivity index (χ2v) is 4.51. The third kappa shape index (κ3) is 2.08. The van der Waals surface area contributed by atoms with E-state index >= 15 is 0 Å². The molecule has 0 radical (unpaired) electrons. The number of rotatable bonds is 4. The van der Waals surface area contributed by atoms with Crippen molar-refractivity contribution in [3.8, 4) is 5.75 Å². The van der Waals surface area contributed by atoms with Gasteiger partial charge in [-0.25, -0.2) is 4.79 Å². The van der Waals surface area contributed by atoms with Gasteiger partial charge in [-0.3, -0.25) is 0 Å². The first-order valence-electron chi connectivity index (χ1n) is 6.20. The molecule has 0 fully saturated rings. The number of benzene rings is 2. The molecule has 0 amide bonds. The van der Waals surface area contributed by atoms with Crippen LogP contribution >= 0.6 is 0 Å². The van der Waals surface area contributed by atoms with Crippen LogP contribution in [0, 0.1) is 0 Å². The Hall–Kier alpha value is -2.53. The molecule has 20 heavy (non-hydrogen) atoms. The molecule has 1 aromatic heterocycles. The van der Waals surface area contributed by atoms with Crippen molar-refractivity contribution in [3.05, 3.63) is 42.5 Å². The third-order valence-corrected chi connectivity index (χ3v) is 3.17. The number of aliphatic carboxylic acids is 1. The van der Waals surface area contributed by atoms with Gasteiger partial charge in [0.15, 0.2) is 6.10 Å². The number of fused-ring (bicyclic) bond motifs is 3. The van der Waals surface area contributed by atoms with Gasteiger partial charge in [0.25, 0.3) is 0 Å². The summed E-state index contributed by atoms with van der Waals surface area (Å²) in [6.45, 7) is -0.284. The number of ether oxygens (including phenoxy) is 1. The van der Waals surface area contributed by atoms with Gasteiger partial charge in [0.1, 0.15) is 12.4 Å². The van der Waals surface area contributed by atoms with Crippen molar-refractivity contribution in [1.29, 1.82) is 0 Å². The molecule has 5 nitrogen and oxygen atoms in total. The van der Waals surface area contributed by atoms with E-state index in [0.29, 0.717) is 5.75 Å². The van der Waals surface area contributed by atoms with Gasteiger partial charge in [0, 0.05) is 16.3 Å². The van der Waals surface area contributed by atoms with E-state index in [1.165, 1.54) is 0 Å². The molecule has 0 saturated heterocycles. The van der Waals surface area contributed by atoms with Crippen molar-refractivity contribution >= 4 is 27.8 Å². The monoisotopic (exact) mass is 271 g/mol. The summed E-state index contributed by atoms with van der Waals surface area (Å²) in [5.41, 5.74) is 1.89. The minimum absolute atomic E-state index is 0.284. The number of H-pyrrole nitrogens is 1. The minimum atomic E-state index is -1.53. The number of carbonyl (C=O) groups is 1. The Labute approximate surface area is 114 Å². The number of carboxylic acids is 1. The Bertz CT molecular complexity index is 778. The lowest BCUT2D eigenvalue weighted by molar-refractivity contribution is -0.148. The van der Waals surface area contributed by atoms with Crippen LogP contribution in [0.3, 0.4) is 0 Å². The number of hydrogen-bond donors (Lipinski definition) is 3. The molecule has 0 saturated carbocycles. The summed E-state index contributed by atoms with van der Waals surface area (Å²) in [5, 5.41) is 19.9. The van der Waals surface area contributed by atoms with E-state index in [9.17, 15) is 9.90 Å². The van der Waals surface area contributed by atoms with E-state index in [1.54, 1.807) is 6.07 Å². The van der Waals surface area contributed by atoms with Gasteiger partial charge in [-0.15, -0.1) is 0 Å². The summed E-state index contributed by atoms with van der Waals surface area (Å²) in [5.74, 6) is -0.739. The first-order valence-corrected chi connectivity index (χ1v) is 6.20. The normalized spacial score (nSPS) is 12.7. The number of aromatic nitrogens is 1. The molecule has 0 aliphatic heterocycles. The molecular formula is C15H13NO4. The fraction of sp³-hybridized carbons (Fsp3) is 0.133. The van der Waals surface area contributed by atoms with Crippen molar-refractivity contribution < 1.29 is 19.7 Å². The van der Waals surface area contributed by atoms with Crippen molar-refractivity contribution in [2.75, 3.05) is 6.61 Å². The van der Waals surface area contributed by atoms with E-state index in [1.807, 2.05) is 36.4 Å². The maximum atomic E-state index is 10.6. The van der Waals surface area contributed by atoms with Crippen molar-refractivity contribution in [3.63, 3.8) is 0 Å². The average molecular weight is 271 g/mol. The molecule has 1 heterocycles. The van der Waals surface area contributed by atoms with Crippen molar-refractivity contribution in [1.82, 2.24) is 4.98 Å². The Balaban J connectivity index is 2.04. The number of aromatic amines is 1. The average Bonchev–Trinajstić information content (AvgIpc) is 2.83. The zero-order valence-electron chi connectivity index (χ0n) is 10.5. The Morgan fingerprint density at radius 1 is 1.15 bits per heavy atom. The smallest absolute Gasteiger partial charge is 0.336 e. The van der Waals surface area contributed by atoms with Crippen LogP contribution in [-0.4, -0.2) is 33.9 Å². The number of para-hydroxylation sites is 1. The Kier molecular flexibility index (Phi) is 3.04. The molecule has 0 bridgehead atoms. The largest absolute Gasteiger partial charge is 0.490 e. The molecule has 0 aliphatic carbocycles. The van der Waals surface area contributed by atoms with Gasteiger partial charge in [0.05, 0.1) is 5.52 Å². The predicted octanol–water partition coefficient (Wildman–Crippen LogP) is 2.15. The molecule has 3 aromatic rings. The van der Waals surface area contributed by atoms with Gasteiger partial charge >= 0.3 is 5.97 Å². The van der Waals surface area contributed by atoms with E-state index in [-0.39, 0.29) is 6.61 Å². The highest BCUT2D eigenvalue weighted by molar-refractivity contribution is 6.10. The maximum absolute atomic E-state index is 10.6. The fourth-order valence-corrected chi connectivity index (χ4v) is 2.23. The number of aliphatic hydroxyl groups excluding tert-OH is 1. The highest BCUT2D eigenvalue weighted by atomic mass is 16.5. The second kappa shape index (κ2) is 4.86. The maximum Gasteiger partial charge on any atom is 0.336 e. The molecule has 2 aromatic carbocycles. The number of hydrogen-bond acceptors (Lipinski definition) is 3. The van der Waals surface area contributed by atoms with E-state index in [4.69, 9.17) is 9.84 Å². The fourth-order valence-electron chi connectivity index (χ4n) is 2.23. The molecule has 1 unspecified atom stereocenters. The molecule has 102 valence electrons. The zero-order valence-corrected chi connectivity index (χ0v) is 10.5. The van der Waals surface area contributed by atoms with Gasteiger partial charge in [-0.05, 0) is 18.2 Å². The Morgan fingerprint density at radius 2 is 1.90 bits per heavy atom. The van der Waals surface area contributed by atoms with Crippen molar-refractivity contribution in [2.45, 2.75) is 6.10 Å². The van der Waals surface area contributed by atoms with Crippen LogP contribution in [0.15, 0.2) is 42.5 Å². The first kappa shape index (κ1) is 12.5. The summed E-state index contributed by atoms with van der Waals surface area (Å²) < 4.78 is 5.46. The lowest BCUT2D eigenvalue weighted by Gasteiger charge is -2.09. The summed E-state index contributed by atoms with van der Waals surface area (Å²) in [7, 11) is 0. The molecule has 0 aliphatic rings. The summed E-state index contributed by atoms with van der Waals surface area (Å²) in [4.78, 5) is 13.9. The van der Waals surface area contributed by atoms with E-state index in [2.05, 4.69) is 4.98 Å². The minimum Gasteiger partial charge on any atom is -0.490 e. The standard InChI is InChI=1S/C15H13NO4/c17-12(15(18)19)8-20-13-7-3-6-11-14(13)9-4-1-2-5-10(9)16-11/h1-7,12,16-17H,8H2,(H,18,19). The molecule has 5 heteroatoms. The first-order chi connectivity index (χ1) is 9.66. The van der Waals surface area contributed by atoms with Gasteiger partial charge in [-0.1, -0.05) is 24.3 Å². The van der Waals surface area contributed by atoms with Crippen LogP contribution in [-0.2, 0) is 4.79 Å². The number of aliphatic hydroxyl groups is 1. The molecular weight excluding hydrogens is 258 g/mol. The highest BCUT2D eigenvalue weighted by Gasteiger charge is 2.15. The quantitative estimate of drug-likeness (QED) is 0.679. The van der Waals surface area contributed by atoms with Crippen LogP contribution in [0.2, 0.25) is 0 Å². The lowest BCUT2D eigenvalue weighted by atomic mass is 10.1. The SMILES string of the molecule is O=C(O)C(O)COc1cccc2[nH]c3ccccc3c12. The van der Waals surface area contributed by atoms with E-state index < -0.39 is 12.1 Å². The van der Waals surface area contributed by atoms with Crippen LogP contribution < -0.4 is 4.74 Å². The number of carboxylic acid groups (broad SMARTS) is 1. The molecule has 3 rings (SSSR count). The van der Waals surface area contributed by atoms with Gasteiger partial charge < -0.3 is 19.9 Å². The molecule has 3 N–H and O–H groups in total. The second-order valence-electron chi connectivity index (χ2n) is 4.51. The van der Waals surface area contributed by atoms with Crippen LogP contribution in [0.4, 0.5) is 0 Å². The van der Waals surface area contributed by atoms with Crippen LogP contribution in [0.1, 0.15) is 0 Å². The summed E-state index contributed by atoms with van der Waals surface area (Å²) >= 11 is 0. The Morgan fingerprint density at radius 3 is 2.70 bits per heavy atom. The molecule has 1 atom stereocenters. The number of nitrogens with one attached hydrogen (secondary N) is 1. The van der Waals surface area contributed by atoms with Gasteiger partial charge in [0.2, 0.25) is 0 Å². The summed E-state index contributed by atoms with van der Waals surface area (Å²) in [6, 6.07) is 13.3.